The quantitative estimate of drug-likeness (QED) is 0.572. The predicted molar refractivity (Wildman–Crippen MR) is 99.2 cm³/mol. The molecule has 0 unspecified atom stereocenters. The summed E-state index contributed by atoms with van der Waals surface area (Å²) in [4.78, 5) is 11.8. The number of aliphatic carboxylic acids is 1. The molecule has 0 spiro atoms. The van der Waals surface area contributed by atoms with Crippen LogP contribution in [0.4, 0.5) is 0 Å². The summed E-state index contributed by atoms with van der Waals surface area (Å²) in [7, 11) is 4.59. The van der Waals surface area contributed by atoms with Crippen molar-refractivity contribution in [1.82, 2.24) is 0 Å². The summed E-state index contributed by atoms with van der Waals surface area (Å²) in [6, 6.07) is 10.2. The second-order valence-corrected chi connectivity index (χ2v) is 5.27. The molecule has 0 aliphatic heterocycles. The molecule has 0 heterocycles. The van der Waals surface area contributed by atoms with Crippen LogP contribution >= 0.6 is 0 Å². The third-order valence-corrected chi connectivity index (χ3v) is 3.75. The molecule has 0 atom stereocenters. The average Bonchev–Trinajstić information content (AvgIpc) is 2.66. The van der Waals surface area contributed by atoms with E-state index >= 15 is 0 Å². The Morgan fingerprint density at radius 2 is 1.69 bits per heavy atom. The Labute approximate surface area is 152 Å². The predicted octanol–water partition coefficient (Wildman–Crippen LogP) is 3.74. The van der Waals surface area contributed by atoms with Crippen LogP contribution < -0.4 is 18.9 Å². The second-order valence-electron chi connectivity index (χ2n) is 5.27. The fraction of sp³-hybridized carbons (Fsp3) is 0.250. The number of benzene rings is 2. The number of hydrogen-bond donors (Lipinski definition) is 1. The third kappa shape index (κ3) is 4.27. The fourth-order valence-corrected chi connectivity index (χ4v) is 2.47. The van der Waals surface area contributed by atoms with Gasteiger partial charge in [-0.3, -0.25) is 0 Å². The molecule has 26 heavy (non-hydrogen) atoms. The van der Waals surface area contributed by atoms with Crippen molar-refractivity contribution in [2.75, 3.05) is 27.9 Å². The van der Waals surface area contributed by atoms with E-state index in [9.17, 15) is 9.90 Å². The summed E-state index contributed by atoms with van der Waals surface area (Å²) < 4.78 is 21.3. The van der Waals surface area contributed by atoms with Crippen LogP contribution in [0, 0.1) is 0 Å². The minimum absolute atomic E-state index is 0.108. The van der Waals surface area contributed by atoms with Gasteiger partial charge in [0.1, 0.15) is 11.5 Å². The lowest BCUT2D eigenvalue weighted by molar-refractivity contribution is -0.130. The van der Waals surface area contributed by atoms with Gasteiger partial charge in [0.2, 0.25) is 0 Å². The van der Waals surface area contributed by atoms with Crippen molar-refractivity contribution in [3.63, 3.8) is 0 Å². The van der Waals surface area contributed by atoms with Gasteiger partial charge in [-0.15, -0.1) is 0 Å². The topological polar surface area (TPSA) is 74.2 Å². The zero-order valence-electron chi connectivity index (χ0n) is 15.2. The van der Waals surface area contributed by atoms with Crippen LogP contribution in [0.25, 0.3) is 11.6 Å². The Balaban J connectivity index is 2.56. The zero-order valence-corrected chi connectivity index (χ0v) is 15.2. The standard InChI is InChI=1S/C20H22O6/c1-5-26-18-12-15(23-2)8-6-14(18)10-16(20(21)22)13-7-9-17(24-3)19(11-13)25-4/h6-12H,5H2,1-4H3,(H,21,22)/b16-10-. The highest BCUT2D eigenvalue weighted by molar-refractivity contribution is 6.21. The van der Waals surface area contributed by atoms with E-state index in [-0.39, 0.29) is 5.57 Å². The first kappa shape index (κ1) is 19.2. The largest absolute Gasteiger partial charge is 0.497 e. The summed E-state index contributed by atoms with van der Waals surface area (Å²) in [5, 5.41) is 9.69. The third-order valence-electron chi connectivity index (χ3n) is 3.75. The zero-order chi connectivity index (χ0) is 19.1. The molecule has 138 valence electrons. The molecule has 6 heteroatoms. The smallest absolute Gasteiger partial charge is 0.336 e. The van der Waals surface area contributed by atoms with Gasteiger partial charge in [-0.05, 0) is 42.8 Å². The molecule has 0 fully saturated rings. The number of methoxy groups -OCH3 is 3. The maximum Gasteiger partial charge on any atom is 0.336 e. The summed E-state index contributed by atoms with van der Waals surface area (Å²) in [6.07, 6.45) is 1.56. The summed E-state index contributed by atoms with van der Waals surface area (Å²) in [5.41, 5.74) is 1.24. The first-order chi connectivity index (χ1) is 12.5. The molecule has 0 saturated carbocycles. The van der Waals surface area contributed by atoms with Crippen molar-refractivity contribution < 1.29 is 28.8 Å². The minimum atomic E-state index is -1.06. The fourth-order valence-electron chi connectivity index (χ4n) is 2.47. The van der Waals surface area contributed by atoms with Gasteiger partial charge in [0.15, 0.2) is 11.5 Å². The lowest BCUT2D eigenvalue weighted by Gasteiger charge is -2.12. The molecule has 6 nitrogen and oxygen atoms in total. The molecule has 1 N–H and O–H groups in total. The molecule has 0 aromatic heterocycles. The van der Waals surface area contributed by atoms with Crippen molar-refractivity contribution in [2.45, 2.75) is 6.92 Å². The van der Waals surface area contributed by atoms with Crippen LogP contribution in [0.2, 0.25) is 0 Å². The van der Waals surface area contributed by atoms with Crippen molar-refractivity contribution in [3.05, 3.63) is 47.5 Å². The Bertz CT molecular complexity index is 810. The molecule has 2 aromatic rings. The van der Waals surface area contributed by atoms with Crippen LogP contribution in [-0.4, -0.2) is 39.0 Å². The summed E-state index contributed by atoms with van der Waals surface area (Å²) in [6.45, 7) is 2.31. The van der Waals surface area contributed by atoms with Gasteiger partial charge < -0.3 is 24.1 Å². The lowest BCUT2D eigenvalue weighted by Crippen LogP contribution is -2.02. The summed E-state index contributed by atoms with van der Waals surface area (Å²) >= 11 is 0. The number of carboxylic acid groups (broad SMARTS) is 1. The molecule has 2 rings (SSSR count). The Hall–Kier alpha value is -3.15. The lowest BCUT2D eigenvalue weighted by atomic mass is 10.0. The van der Waals surface area contributed by atoms with Crippen molar-refractivity contribution in [1.29, 1.82) is 0 Å². The van der Waals surface area contributed by atoms with Crippen LogP contribution in [0.3, 0.4) is 0 Å². The van der Waals surface area contributed by atoms with E-state index in [1.54, 1.807) is 49.6 Å². The number of carboxylic acids is 1. The van der Waals surface area contributed by atoms with E-state index < -0.39 is 5.97 Å². The van der Waals surface area contributed by atoms with Crippen LogP contribution in [0.15, 0.2) is 36.4 Å². The first-order valence-electron chi connectivity index (χ1n) is 8.02. The molecular formula is C20H22O6. The first-order valence-corrected chi connectivity index (χ1v) is 8.02. The molecule has 0 aliphatic rings. The summed E-state index contributed by atoms with van der Waals surface area (Å²) in [5.74, 6) is 1.10. The van der Waals surface area contributed by atoms with Gasteiger partial charge in [-0.2, -0.15) is 0 Å². The molecule has 0 aliphatic carbocycles. The van der Waals surface area contributed by atoms with Gasteiger partial charge >= 0.3 is 5.97 Å². The Kier molecular flexibility index (Phi) is 6.49. The Morgan fingerprint density at radius 1 is 0.962 bits per heavy atom. The van der Waals surface area contributed by atoms with Gasteiger partial charge in [-0.1, -0.05) is 6.07 Å². The monoisotopic (exact) mass is 358 g/mol. The number of hydrogen-bond acceptors (Lipinski definition) is 5. The highest BCUT2D eigenvalue weighted by Crippen LogP contribution is 2.33. The average molecular weight is 358 g/mol. The molecule has 0 radical (unpaired) electrons. The van der Waals surface area contributed by atoms with E-state index in [0.717, 1.165) is 0 Å². The molecule has 0 bridgehead atoms. The molecule has 0 amide bonds. The van der Waals surface area contributed by atoms with Crippen LogP contribution in [0.5, 0.6) is 23.0 Å². The van der Waals surface area contributed by atoms with Gasteiger partial charge in [-0.25, -0.2) is 4.79 Å². The van der Waals surface area contributed by atoms with Crippen LogP contribution in [-0.2, 0) is 4.79 Å². The Morgan fingerprint density at radius 3 is 2.27 bits per heavy atom. The van der Waals surface area contributed by atoms with Gasteiger partial charge in [0.05, 0.1) is 33.5 Å². The molecular weight excluding hydrogens is 336 g/mol. The maximum absolute atomic E-state index is 11.8. The van der Waals surface area contributed by atoms with Crippen molar-refractivity contribution in [2.24, 2.45) is 0 Å². The van der Waals surface area contributed by atoms with E-state index in [4.69, 9.17) is 18.9 Å². The highest BCUT2D eigenvalue weighted by atomic mass is 16.5. The second kappa shape index (κ2) is 8.80. The van der Waals surface area contributed by atoms with E-state index in [1.807, 2.05) is 6.92 Å². The minimum Gasteiger partial charge on any atom is -0.497 e. The normalized spacial score (nSPS) is 11.0. The van der Waals surface area contributed by atoms with Crippen molar-refractivity contribution >= 4 is 17.6 Å². The molecule has 0 saturated heterocycles. The van der Waals surface area contributed by atoms with Gasteiger partial charge in [0, 0.05) is 11.6 Å². The van der Waals surface area contributed by atoms with E-state index in [2.05, 4.69) is 0 Å². The SMILES string of the molecule is CCOc1cc(OC)ccc1/C=C(\C(=O)O)c1ccc(OC)c(OC)c1. The highest BCUT2D eigenvalue weighted by Gasteiger charge is 2.15. The van der Waals surface area contributed by atoms with Crippen molar-refractivity contribution in [3.8, 4) is 23.0 Å². The maximum atomic E-state index is 11.8. The number of ether oxygens (including phenoxy) is 4. The van der Waals surface area contributed by atoms with Gasteiger partial charge in [0.25, 0.3) is 0 Å². The molecule has 2 aromatic carbocycles. The number of rotatable bonds is 8. The van der Waals surface area contributed by atoms with Crippen LogP contribution in [0.1, 0.15) is 18.1 Å². The number of carbonyl (C=O) groups is 1. The van der Waals surface area contributed by atoms with E-state index in [1.165, 1.54) is 14.2 Å². The van der Waals surface area contributed by atoms with E-state index in [0.29, 0.717) is 40.7 Å².